The molecule has 1 aromatic rings. The molecule has 3 nitrogen and oxygen atoms in total. The van der Waals surface area contributed by atoms with Crippen LogP contribution in [0.5, 0.6) is 0 Å². The van der Waals surface area contributed by atoms with E-state index in [4.69, 9.17) is 10.8 Å². The summed E-state index contributed by atoms with van der Waals surface area (Å²) in [5, 5.41) is 12.4. The molecule has 0 spiro atoms. The van der Waals surface area contributed by atoms with Crippen LogP contribution in [0.25, 0.3) is 0 Å². The van der Waals surface area contributed by atoms with E-state index in [9.17, 15) is 0 Å². The molecule has 0 bridgehead atoms. The first-order valence-electron chi connectivity index (χ1n) is 6.64. The van der Waals surface area contributed by atoms with E-state index in [2.05, 4.69) is 45.1 Å². The first kappa shape index (κ1) is 15.2. The molecule has 0 saturated heterocycles. The standard InChI is InChI=1S/C15H26N2O/c1-10-7-12(3)14(8-11(10)2)15(9-16)17-13(4)5-6-18/h7-8,13,15,17-18H,5-6,9,16H2,1-4H3. The highest BCUT2D eigenvalue weighted by atomic mass is 16.3. The lowest BCUT2D eigenvalue weighted by Gasteiger charge is -2.24. The fourth-order valence-corrected chi connectivity index (χ4v) is 2.26. The molecule has 18 heavy (non-hydrogen) atoms. The molecular formula is C15H26N2O. The Kier molecular flexibility index (Phi) is 5.79. The van der Waals surface area contributed by atoms with Gasteiger partial charge in [-0.05, 0) is 56.4 Å². The number of nitrogens with two attached hydrogens (primary N) is 1. The van der Waals surface area contributed by atoms with E-state index in [1.54, 1.807) is 0 Å². The van der Waals surface area contributed by atoms with Gasteiger partial charge in [0.2, 0.25) is 0 Å². The predicted molar refractivity (Wildman–Crippen MR) is 76.7 cm³/mol. The number of aliphatic hydroxyl groups excluding tert-OH is 1. The Balaban J connectivity index is 2.91. The Morgan fingerprint density at radius 1 is 1.17 bits per heavy atom. The average molecular weight is 250 g/mol. The maximum absolute atomic E-state index is 8.96. The highest BCUT2D eigenvalue weighted by Crippen LogP contribution is 2.22. The van der Waals surface area contributed by atoms with Crippen molar-refractivity contribution in [3.8, 4) is 0 Å². The number of benzene rings is 1. The first-order valence-corrected chi connectivity index (χ1v) is 6.64. The summed E-state index contributed by atoms with van der Waals surface area (Å²) >= 11 is 0. The van der Waals surface area contributed by atoms with Gasteiger partial charge in [-0.1, -0.05) is 12.1 Å². The van der Waals surface area contributed by atoms with Crippen molar-refractivity contribution in [3.63, 3.8) is 0 Å². The lowest BCUT2D eigenvalue weighted by Crippen LogP contribution is -2.36. The molecule has 0 aromatic heterocycles. The van der Waals surface area contributed by atoms with Crippen molar-refractivity contribution in [1.29, 1.82) is 0 Å². The Hall–Kier alpha value is -0.900. The van der Waals surface area contributed by atoms with Crippen LogP contribution in [-0.4, -0.2) is 24.3 Å². The topological polar surface area (TPSA) is 58.3 Å². The van der Waals surface area contributed by atoms with E-state index in [0.29, 0.717) is 6.54 Å². The molecule has 102 valence electrons. The zero-order valence-corrected chi connectivity index (χ0v) is 12.0. The van der Waals surface area contributed by atoms with Crippen LogP contribution in [0, 0.1) is 20.8 Å². The third kappa shape index (κ3) is 3.80. The van der Waals surface area contributed by atoms with Gasteiger partial charge in [0.15, 0.2) is 0 Å². The van der Waals surface area contributed by atoms with E-state index in [1.807, 2.05) is 0 Å². The van der Waals surface area contributed by atoms with Crippen LogP contribution in [0.1, 0.15) is 41.6 Å². The van der Waals surface area contributed by atoms with Crippen LogP contribution in [0.15, 0.2) is 12.1 Å². The van der Waals surface area contributed by atoms with Gasteiger partial charge in [-0.15, -0.1) is 0 Å². The molecule has 0 amide bonds. The molecule has 2 atom stereocenters. The van der Waals surface area contributed by atoms with E-state index in [-0.39, 0.29) is 18.7 Å². The summed E-state index contributed by atoms with van der Waals surface area (Å²) < 4.78 is 0. The molecule has 0 fully saturated rings. The van der Waals surface area contributed by atoms with Gasteiger partial charge < -0.3 is 16.2 Å². The van der Waals surface area contributed by atoms with E-state index in [1.165, 1.54) is 22.3 Å². The molecule has 3 heteroatoms. The number of hydrogen-bond acceptors (Lipinski definition) is 3. The minimum atomic E-state index is 0.158. The smallest absolute Gasteiger partial charge is 0.0449 e. The van der Waals surface area contributed by atoms with Crippen molar-refractivity contribution in [2.24, 2.45) is 5.73 Å². The second-order valence-corrected chi connectivity index (χ2v) is 5.16. The second kappa shape index (κ2) is 6.88. The van der Waals surface area contributed by atoms with Crippen molar-refractivity contribution in [1.82, 2.24) is 5.32 Å². The average Bonchev–Trinajstić information content (AvgIpc) is 2.31. The highest BCUT2D eigenvalue weighted by Gasteiger charge is 2.15. The van der Waals surface area contributed by atoms with Gasteiger partial charge in [-0.2, -0.15) is 0 Å². The third-order valence-electron chi connectivity index (χ3n) is 3.54. The molecule has 0 saturated carbocycles. The molecule has 1 rings (SSSR count). The van der Waals surface area contributed by atoms with Crippen LogP contribution in [0.3, 0.4) is 0 Å². The quantitative estimate of drug-likeness (QED) is 0.723. The largest absolute Gasteiger partial charge is 0.396 e. The Labute approximate surface area is 110 Å². The Bertz CT molecular complexity index is 390. The van der Waals surface area contributed by atoms with Crippen molar-refractivity contribution >= 4 is 0 Å². The maximum Gasteiger partial charge on any atom is 0.0449 e. The van der Waals surface area contributed by atoms with Gasteiger partial charge in [-0.3, -0.25) is 0 Å². The van der Waals surface area contributed by atoms with Crippen molar-refractivity contribution in [2.45, 2.75) is 46.2 Å². The molecule has 1 aromatic carbocycles. The zero-order chi connectivity index (χ0) is 13.7. The maximum atomic E-state index is 8.96. The molecule has 0 aliphatic rings. The molecule has 2 unspecified atom stereocenters. The van der Waals surface area contributed by atoms with Crippen molar-refractivity contribution < 1.29 is 5.11 Å². The van der Waals surface area contributed by atoms with Gasteiger partial charge in [0, 0.05) is 25.2 Å². The normalized spacial score (nSPS) is 14.6. The van der Waals surface area contributed by atoms with E-state index < -0.39 is 0 Å². The van der Waals surface area contributed by atoms with Crippen LogP contribution >= 0.6 is 0 Å². The molecule has 0 heterocycles. The minimum absolute atomic E-state index is 0.158. The van der Waals surface area contributed by atoms with E-state index >= 15 is 0 Å². The van der Waals surface area contributed by atoms with Gasteiger partial charge in [0.05, 0.1) is 0 Å². The van der Waals surface area contributed by atoms with Crippen LogP contribution < -0.4 is 11.1 Å². The summed E-state index contributed by atoms with van der Waals surface area (Å²) in [6.45, 7) is 9.24. The van der Waals surface area contributed by atoms with Crippen molar-refractivity contribution in [2.75, 3.05) is 13.2 Å². The summed E-state index contributed by atoms with van der Waals surface area (Å²) in [5.74, 6) is 0. The number of nitrogens with one attached hydrogen (secondary N) is 1. The molecule has 0 aliphatic heterocycles. The van der Waals surface area contributed by atoms with Gasteiger partial charge >= 0.3 is 0 Å². The van der Waals surface area contributed by atoms with Gasteiger partial charge in [-0.25, -0.2) is 0 Å². The molecule has 4 N–H and O–H groups in total. The van der Waals surface area contributed by atoms with Gasteiger partial charge in [0.1, 0.15) is 0 Å². The summed E-state index contributed by atoms with van der Waals surface area (Å²) in [7, 11) is 0. The highest BCUT2D eigenvalue weighted by molar-refractivity contribution is 5.38. The van der Waals surface area contributed by atoms with Crippen molar-refractivity contribution in [3.05, 3.63) is 34.4 Å². The summed E-state index contributed by atoms with van der Waals surface area (Å²) in [6.07, 6.45) is 0.750. The number of rotatable bonds is 6. The second-order valence-electron chi connectivity index (χ2n) is 5.16. The summed E-state index contributed by atoms with van der Waals surface area (Å²) in [6, 6.07) is 4.86. The minimum Gasteiger partial charge on any atom is -0.396 e. The molecular weight excluding hydrogens is 224 g/mol. The SMILES string of the molecule is Cc1cc(C)c(C(CN)NC(C)CCO)cc1C. The van der Waals surface area contributed by atoms with Crippen LogP contribution in [-0.2, 0) is 0 Å². The monoisotopic (exact) mass is 250 g/mol. The summed E-state index contributed by atoms with van der Waals surface area (Å²) in [4.78, 5) is 0. The third-order valence-corrected chi connectivity index (χ3v) is 3.54. The molecule has 0 aliphatic carbocycles. The number of hydrogen-bond donors (Lipinski definition) is 3. The lowest BCUT2D eigenvalue weighted by atomic mass is 9.95. The lowest BCUT2D eigenvalue weighted by molar-refractivity contribution is 0.263. The Morgan fingerprint density at radius 3 is 2.33 bits per heavy atom. The van der Waals surface area contributed by atoms with Gasteiger partial charge in [0.25, 0.3) is 0 Å². The predicted octanol–water partition coefficient (Wildman–Crippen LogP) is 1.97. The Morgan fingerprint density at radius 2 is 1.78 bits per heavy atom. The first-order chi connectivity index (χ1) is 8.49. The number of aliphatic hydroxyl groups is 1. The fourth-order valence-electron chi connectivity index (χ4n) is 2.26. The van der Waals surface area contributed by atoms with Crippen LogP contribution in [0.2, 0.25) is 0 Å². The van der Waals surface area contributed by atoms with Crippen LogP contribution in [0.4, 0.5) is 0 Å². The number of aryl methyl sites for hydroxylation is 3. The summed E-state index contributed by atoms with van der Waals surface area (Å²) in [5.41, 5.74) is 11.0. The fraction of sp³-hybridized carbons (Fsp3) is 0.600. The molecule has 0 radical (unpaired) electrons. The van der Waals surface area contributed by atoms with E-state index in [0.717, 1.165) is 6.42 Å². The zero-order valence-electron chi connectivity index (χ0n) is 12.0.